The highest BCUT2D eigenvalue weighted by molar-refractivity contribution is 7.17. The van der Waals surface area contributed by atoms with Crippen molar-refractivity contribution in [3.63, 3.8) is 0 Å². The molecule has 6 heteroatoms. The smallest absolute Gasteiger partial charge is 0.341 e. The maximum absolute atomic E-state index is 12.3. The van der Waals surface area contributed by atoms with Crippen LogP contribution in [0.1, 0.15) is 54.9 Å². The highest BCUT2D eigenvalue weighted by Gasteiger charge is 2.31. The highest BCUT2D eigenvalue weighted by Crippen LogP contribution is 2.39. The Morgan fingerprint density at radius 2 is 2.14 bits per heavy atom. The van der Waals surface area contributed by atoms with Crippen LogP contribution in [0.25, 0.3) is 0 Å². The monoisotopic (exact) mass is 325 g/mol. The van der Waals surface area contributed by atoms with Gasteiger partial charge in [0.2, 0.25) is 5.91 Å². The van der Waals surface area contributed by atoms with E-state index in [1.807, 2.05) is 0 Å². The Kier molecular flexibility index (Phi) is 5.58. The van der Waals surface area contributed by atoms with Crippen LogP contribution in [-0.4, -0.2) is 24.6 Å². The Bertz CT molecular complexity index is 565. The summed E-state index contributed by atoms with van der Waals surface area (Å²) in [4.78, 5) is 25.1. The lowest BCUT2D eigenvalue weighted by Gasteiger charge is -2.26. The summed E-state index contributed by atoms with van der Waals surface area (Å²) in [5.41, 5.74) is 1.48. The van der Waals surface area contributed by atoms with Gasteiger partial charge in [-0.2, -0.15) is 0 Å². The molecule has 1 atom stereocenters. The molecule has 0 radical (unpaired) electrons. The third-order valence-electron chi connectivity index (χ3n) is 3.72. The zero-order valence-electron chi connectivity index (χ0n) is 13.5. The molecule has 5 nitrogen and oxygen atoms in total. The predicted molar refractivity (Wildman–Crippen MR) is 86.3 cm³/mol. The molecule has 122 valence electrons. The van der Waals surface area contributed by atoms with Gasteiger partial charge in [-0.3, -0.25) is 4.79 Å². The number of ether oxygens (including phenoxy) is 2. The van der Waals surface area contributed by atoms with Crippen LogP contribution in [0.15, 0.2) is 0 Å². The summed E-state index contributed by atoms with van der Waals surface area (Å²) < 4.78 is 11.0. The lowest BCUT2D eigenvalue weighted by atomic mass is 9.94. The highest BCUT2D eigenvalue weighted by atomic mass is 32.1. The number of nitrogens with one attached hydrogen (secondary N) is 1. The van der Waals surface area contributed by atoms with Gasteiger partial charge in [-0.1, -0.05) is 20.8 Å². The molecule has 1 aromatic heterocycles. The number of anilines is 1. The molecule has 0 aromatic carbocycles. The summed E-state index contributed by atoms with van der Waals surface area (Å²) in [6.07, 6.45) is 1.14. The van der Waals surface area contributed by atoms with Crippen LogP contribution in [0.4, 0.5) is 5.00 Å². The quantitative estimate of drug-likeness (QED) is 0.843. The van der Waals surface area contributed by atoms with Gasteiger partial charge in [0, 0.05) is 17.7 Å². The van der Waals surface area contributed by atoms with Gasteiger partial charge in [0.25, 0.3) is 0 Å². The molecule has 0 saturated carbocycles. The van der Waals surface area contributed by atoms with E-state index < -0.39 is 0 Å². The molecule has 2 rings (SSSR count). The van der Waals surface area contributed by atoms with Crippen LogP contribution in [-0.2, 0) is 27.3 Å². The van der Waals surface area contributed by atoms with Crippen molar-refractivity contribution in [2.24, 2.45) is 5.92 Å². The molecule has 0 bridgehead atoms. The van der Waals surface area contributed by atoms with E-state index in [1.165, 1.54) is 11.3 Å². The zero-order valence-corrected chi connectivity index (χ0v) is 14.3. The van der Waals surface area contributed by atoms with Gasteiger partial charge in [0.15, 0.2) is 0 Å². The second-order valence-electron chi connectivity index (χ2n) is 5.63. The largest absolute Gasteiger partial charge is 0.462 e. The molecule has 0 fully saturated rings. The molecule has 22 heavy (non-hydrogen) atoms. The normalized spacial score (nSPS) is 17.2. The summed E-state index contributed by atoms with van der Waals surface area (Å²) in [7, 11) is 0. The van der Waals surface area contributed by atoms with Crippen LogP contribution in [0.3, 0.4) is 0 Å². The van der Waals surface area contributed by atoms with Crippen molar-refractivity contribution >= 4 is 28.2 Å². The fourth-order valence-electron chi connectivity index (χ4n) is 2.44. The molecule has 1 aromatic rings. The van der Waals surface area contributed by atoms with E-state index in [-0.39, 0.29) is 18.0 Å². The minimum Gasteiger partial charge on any atom is -0.462 e. The van der Waals surface area contributed by atoms with Crippen LogP contribution in [0.2, 0.25) is 0 Å². The molecular formula is C16H23NO4S. The first-order chi connectivity index (χ1) is 10.5. The molecule has 1 aliphatic heterocycles. The minimum atomic E-state index is -0.365. The van der Waals surface area contributed by atoms with Crippen molar-refractivity contribution < 1.29 is 19.1 Å². The van der Waals surface area contributed by atoms with E-state index >= 15 is 0 Å². The molecule has 0 spiro atoms. The van der Waals surface area contributed by atoms with Gasteiger partial charge in [0.1, 0.15) is 5.00 Å². The second-order valence-corrected chi connectivity index (χ2v) is 6.73. The molecule has 0 aliphatic carbocycles. The molecule has 1 aliphatic rings. The van der Waals surface area contributed by atoms with Crippen LogP contribution in [0.5, 0.6) is 0 Å². The standard InChI is InChI=1S/C16H23NO4S/c1-5-13(18)17-15-14(16(19)20-6-2)10-7-11(9(3)4)21-8-12(10)22-15/h9,11H,5-8H2,1-4H3,(H,17,18). The van der Waals surface area contributed by atoms with Gasteiger partial charge in [-0.25, -0.2) is 4.79 Å². The Hall–Kier alpha value is -1.40. The first-order valence-corrected chi connectivity index (χ1v) is 8.52. The van der Waals surface area contributed by atoms with Crippen molar-refractivity contribution in [2.75, 3.05) is 11.9 Å². The average molecular weight is 325 g/mol. The lowest BCUT2D eigenvalue weighted by Crippen LogP contribution is -2.27. The van der Waals surface area contributed by atoms with E-state index in [0.29, 0.717) is 42.5 Å². The molecular weight excluding hydrogens is 302 g/mol. The Labute approximate surface area is 135 Å². The van der Waals surface area contributed by atoms with E-state index in [4.69, 9.17) is 9.47 Å². The van der Waals surface area contributed by atoms with Gasteiger partial charge in [-0.15, -0.1) is 11.3 Å². The van der Waals surface area contributed by atoms with Gasteiger partial charge >= 0.3 is 5.97 Å². The molecule has 1 N–H and O–H groups in total. The first kappa shape index (κ1) is 17.0. The minimum absolute atomic E-state index is 0.0880. The molecule has 0 saturated heterocycles. The first-order valence-electron chi connectivity index (χ1n) is 7.70. The van der Waals surface area contributed by atoms with Crippen LogP contribution in [0, 0.1) is 5.92 Å². The number of carbonyl (C=O) groups is 2. The van der Waals surface area contributed by atoms with Crippen molar-refractivity contribution in [1.82, 2.24) is 0 Å². The van der Waals surface area contributed by atoms with Gasteiger partial charge in [-0.05, 0) is 18.4 Å². The third-order valence-corrected chi connectivity index (χ3v) is 4.84. The fraction of sp³-hybridized carbons (Fsp3) is 0.625. The summed E-state index contributed by atoms with van der Waals surface area (Å²) in [5, 5.41) is 3.41. The van der Waals surface area contributed by atoms with Crippen LogP contribution < -0.4 is 5.32 Å². The molecule has 2 heterocycles. The summed E-state index contributed by atoms with van der Waals surface area (Å²) >= 11 is 1.42. The van der Waals surface area contributed by atoms with Crippen molar-refractivity contribution in [1.29, 1.82) is 0 Å². The summed E-state index contributed by atoms with van der Waals surface area (Å²) in [5.74, 6) is -0.0990. The number of thiophene rings is 1. The number of carbonyl (C=O) groups excluding carboxylic acids is 2. The Balaban J connectivity index is 2.39. The van der Waals surface area contributed by atoms with Crippen LogP contribution >= 0.6 is 11.3 Å². The van der Waals surface area contributed by atoms with E-state index in [1.54, 1.807) is 13.8 Å². The number of esters is 1. The van der Waals surface area contributed by atoms with Gasteiger partial charge < -0.3 is 14.8 Å². The lowest BCUT2D eigenvalue weighted by molar-refractivity contribution is -0.115. The topological polar surface area (TPSA) is 64.6 Å². The molecule has 1 amide bonds. The SMILES string of the molecule is CCOC(=O)c1c(NC(=O)CC)sc2c1CC(C(C)C)OC2. The third kappa shape index (κ3) is 3.50. The zero-order chi connectivity index (χ0) is 16.3. The number of hydrogen-bond acceptors (Lipinski definition) is 5. The predicted octanol–water partition coefficient (Wildman–Crippen LogP) is 3.37. The number of amides is 1. The number of rotatable bonds is 5. The Morgan fingerprint density at radius 1 is 1.41 bits per heavy atom. The van der Waals surface area contributed by atoms with E-state index in [0.717, 1.165) is 10.4 Å². The number of fused-ring (bicyclic) bond motifs is 1. The number of hydrogen-bond donors (Lipinski definition) is 1. The second kappa shape index (κ2) is 7.24. The van der Waals surface area contributed by atoms with Crippen molar-refractivity contribution in [3.8, 4) is 0 Å². The maximum Gasteiger partial charge on any atom is 0.341 e. The van der Waals surface area contributed by atoms with Gasteiger partial charge in [0.05, 0.1) is 24.9 Å². The fourth-order valence-corrected chi connectivity index (χ4v) is 3.59. The van der Waals surface area contributed by atoms with Crippen molar-refractivity contribution in [3.05, 3.63) is 16.0 Å². The van der Waals surface area contributed by atoms with E-state index in [2.05, 4.69) is 19.2 Å². The molecule has 1 unspecified atom stereocenters. The summed E-state index contributed by atoms with van der Waals surface area (Å²) in [6.45, 7) is 8.56. The maximum atomic E-state index is 12.3. The average Bonchev–Trinajstić information content (AvgIpc) is 2.83. The van der Waals surface area contributed by atoms with Crippen molar-refractivity contribution in [2.45, 2.75) is 53.2 Å². The van der Waals surface area contributed by atoms with E-state index in [9.17, 15) is 9.59 Å². The summed E-state index contributed by atoms with van der Waals surface area (Å²) in [6, 6.07) is 0. The Morgan fingerprint density at radius 3 is 2.73 bits per heavy atom.